The van der Waals surface area contributed by atoms with Crippen LogP contribution in [0.25, 0.3) is 0 Å². The highest BCUT2D eigenvalue weighted by Crippen LogP contribution is 2.45. The van der Waals surface area contributed by atoms with E-state index < -0.39 is 23.3 Å². The second kappa shape index (κ2) is 7.00. The molecule has 2 heterocycles. The molecule has 2 saturated heterocycles. The number of benzene rings is 1. The van der Waals surface area contributed by atoms with Crippen molar-refractivity contribution in [2.45, 2.75) is 38.8 Å². The summed E-state index contributed by atoms with van der Waals surface area (Å²) in [5, 5.41) is 2.46. The summed E-state index contributed by atoms with van der Waals surface area (Å²) in [4.78, 5) is 40.1. The van der Waals surface area contributed by atoms with Crippen molar-refractivity contribution in [3.63, 3.8) is 0 Å². The van der Waals surface area contributed by atoms with Crippen molar-refractivity contribution >= 4 is 29.4 Å². The molecule has 0 radical (unpaired) electrons. The Balaban J connectivity index is 2.11. The van der Waals surface area contributed by atoms with Crippen molar-refractivity contribution in [2.24, 2.45) is 11.8 Å². The van der Waals surface area contributed by atoms with Gasteiger partial charge in [-0.05, 0) is 26.0 Å². The van der Waals surface area contributed by atoms with Crippen LogP contribution in [0.5, 0.6) is 0 Å². The van der Waals surface area contributed by atoms with Crippen LogP contribution in [0.1, 0.15) is 38.8 Å². The first-order chi connectivity index (χ1) is 12.4. The second-order valence-electron chi connectivity index (χ2n) is 6.78. The average Bonchev–Trinajstić information content (AvgIpc) is 3.11. The summed E-state index contributed by atoms with van der Waals surface area (Å²) in [6.45, 7) is 5.92. The van der Waals surface area contributed by atoms with Crippen molar-refractivity contribution in [1.82, 2.24) is 4.90 Å². The molecule has 3 rings (SSSR count). The smallest absolute Gasteiger partial charge is 0.368 e. The van der Waals surface area contributed by atoms with Crippen molar-refractivity contribution in [1.29, 1.82) is 0 Å². The fourth-order valence-electron chi connectivity index (χ4n) is 4.42. The number of hydrogen-bond acceptors (Lipinski definition) is 4. The summed E-state index contributed by atoms with van der Waals surface area (Å²) >= 11 is 5.99. The third-order valence-corrected chi connectivity index (χ3v) is 5.92. The Labute approximate surface area is 157 Å². The van der Waals surface area contributed by atoms with Gasteiger partial charge in [0, 0.05) is 23.6 Å². The summed E-state index contributed by atoms with van der Waals surface area (Å²) in [6, 6.07) is 6.90. The summed E-state index contributed by atoms with van der Waals surface area (Å²) in [5.41, 5.74) is -0.204. The highest BCUT2D eigenvalue weighted by molar-refractivity contribution is 6.30. The minimum atomic E-state index is -1.08. The van der Waals surface area contributed by atoms with Gasteiger partial charge in [-0.15, -0.1) is 0 Å². The maximum Gasteiger partial charge on any atom is 0.368 e. The van der Waals surface area contributed by atoms with Crippen LogP contribution in [0.3, 0.4) is 0 Å². The highest BCUT2D eigenvalue weighted by Gasteiger charge is 2.71. The fourth-order valence-corrected chi connectivity index (χ4v) is 4.55. The predicted molar refractivity (Wildman–Crippen MR) is 95.1 cm³/mol. The minimum Gasteiger partial charge on any atom is -0.461 e. The Kier molecular flexibility index (Phi) is 5.08. The molecule has 2 aliphatic rings. The standard InChI is InChI=1S/C19H23ClN2O4/c1-4-19(18(25)26-6-3)14-13(16(23)22(5-2)17(14)24)15(21-19)11-7-9-12(20)10-8-11/h7-10,13-15,21H,4-6H2,1-3H3/p+1/t13-,14+,15-,19+/m0/s1. The van der Waals surface area contributed by atoms with Crippen LogP contribution in [0, 0.1) is 11.8 Å². The Morgan fingerprint density at radius 1 is 1.19 bits per heavy atom. The van der Waals surface area contributed by atoms with E-state index in [0.717, 1.165) is 5.56 Å². The molecule has 1 aromatic rings. The van der Waals surface area contributed by atoms with Crippen molar-refractivity contribution in [3.8, 4) is 0 Å². The molecule has 2 amide bonds. The van der Waals surface area contributed by atoms with E-state index in [1.165, 1.54) is 4.90 Å². The molecule has 2 N–H and O–H groups in total. The topological polar surface area (TPSA) is 80.3 Å². The lowest BCUT2D eigenvalue weighted by molar-refractivity contribution is -0.734. The van der Waals surface area contributed by atoms with Gasteiger partial charge in [-0.1, -0.05) is 30.7 Å². The number of quaternary nitrogens is 1. The van der Waals surface area contributed by atoms with E-state index >= 15 is 0 Å². The van der Waals surface area contributed by atoms with Crippen molar-refractivity contribution in [3.05, 3.63) is 34.9 Å². The number of hydrogen-bond donors (Lipinski definition) is 1. The van der Waals surface area contributed by atoms with E-state index in [4.69, 9.17) is 16.3 Å². The quantitative estimate of drug-likeness (QED) is 0.617. The van der Waals surface area contributed by atoms with Gasteiger partial charge in [-0.25, -0.2) is 4.79 Å². The molecule has 0 aromatic heterocycles. The van der Waals surface area contributed by atoms with Gasteiger partial charge in [-0.3, -0.25) is 14.5 Å². The van der Waals surface area contributed by atoms with E-state index in [0.29, 0.717) is 18.0 Å². The van der Waals surface area contributed by atoms with Gasteiger partial charge in [0.25, 0.3) is 0 Å². The number of likely N-dealkylation sites (tertiary alicyclic amines) is 1. The maximum absolute atomic E-state index is 13.0. The average molecular weight is 380 g/mol. The summed E-state index contributed by atoms with van der Waals surface area (Å²) in [6.07, 6.45) is 0.410. The van der Waals surface area contributed by atoms with Gasteiger partial charge < -0.3 is 10.1 Å². The molecule has 7 heteroatoms. The number of nitrogens with two attached hydrogens (primary N) is 1. The molecule has 6 nitrogen and oxygen atoms in total. The third kappa shape index (κ3) is 2.63. The van der Waals surface area contributed by atoms with Crippen molar-refractivity contribution < 1.29 is 24.4 Å². The SMILES string of the molecule is CCOC(=O)[C@]1(CC)[NH2+][C@@H](c2ccc(Cl)cc2)[C@H]2C(=O)N(CC)C(=O)[C@@H]21. The van der Waals surface area contributed by atoms with Gasteiger partial charge >= 0.3 is 5.97 Å². The molecule has 0 unspecified atom stereocenters. The largest absolute Gasteiger partial charge is 0.461 e. The lowest BCUT2D eigenvalue weighted by Gasteiger charge is -2.28. The number of imide groups is 1. The highest BCUT2D eigenvalue weighted by atomic mass is 35.5. The first-order valence-corrected chi connectivity index (χ1v) is 9.43. The Morgan fingerprint density at radius 2 is 1.85 bits per heavy atom. The number of rotatable bonds is 5. The molecule has 0 aliphatic carbocycles. The zero-order chi connectivity index (χ0) is 19.1. The van der Waals surface area contributed by atoms with Gasteiger partial charge in [0.15, 0.2) is 0 Å². The van der Waals surface area contributed by atoms with Crippen molar-refractivity contribution in [2.75, 3.05) is 13.2 Å². The molecular weight excluding hydrogens is 356 g/mol. The number of amides is 2. The van der Waals surface area contributed by atoms with Gasteiger partial charge in [0.1, 0.15) is 17.9 Å². The van der Waals surface area contributed by atoms with Crippen LogP contribution in [-0.4, -0.2) is 41.4 Å². The van der Waals surface area contributed by atoms with E-state index in [9.17, 15) is 14.4 Å². The monoisotopic (exact) mass is 379 g/mol. The maximum atomic E-state index is 13.0. The predicted octanol–water partition coefficient (Wildman–Crippen LogP) is 1.29. The summed E-state index contributed by atoms with van der Waals surface area (Å²) in [7, 11) is 0. The lowest BCUT2D eigenvalue weighted by atomic mass is 9.78. The van der Waals surface area contributed by atoms with Crippen LogP contribution in [0.15, 0.2) is 24.3 Å². The minimum absolute atomic E-state index is 0.210. The fraction of sp³-hybridized carbons (Fsp3) is 0.526. The molecule has 2 aliphatic heterocycles. The first kappa shape index (κ1) is 18.9. The van der Waals surface area contributed by atoms with E-state index in [1.54, 1.807) is 26.0 Å². The van der Waals surface area contributed by atoms with E-state index in [1.807, 2.05) is 24.4 Å². The number of nitrogens with zero attached hydrogens (tertiary/aromatic N) is 1. The number of fused-ring (bicyclic) bond motifs is 1. The zero-order valence-corrected chi connectivity index (χ0v) is 16.0. The molecule has 0 saturated carbocycles. The summed E-state index contributed by atoms with van der Waals surface area (Å²) < 4.78 is 5.31. The summed E-state index contributed by atoms with van der Waals surface area (Å²) in [5.74, 6) is -2.19. The van der Waals surface area contributed by atoms with Gasteiger partial charge in [-0.2, -0.15) is 0 Å². The van der Waals surface area contributed by atoms with Gasteiger partial charge in [0.2, 0.25) is 17.4 Å². The Bertz CT molecular complexity index is 736. The van der Waals surface area contributed by atoms with Crippen LogP contribution in [0.2, 0.25) is 5.02 Å². The second-order valence-corrected chi connectivity index (χ2v) is 7.22. The normalized spacial score (nSPS) is 30.6. The number of ether oxygens (including phenoxy) is 1. The van der Waals surface area contributed by atoms with Crippen LogP contribution < -0.4 is 5.32 Å². The van der Waals surface area contributed by atoms with Gasteiger partial charge in [0.05, 0.1) is 6.61 Å². The van der Waals surface area contributed by atoms with E-state index in [-0.39, 0.29) is 24.5 Å². The van der Waals surface area contributed by atoms with Crippen LogP contribution in [0.4, 0.5) is 0 Å². The molecule has 0 bridgehead atoms. The Morgan fingerprint density at radius 3 is 2.38 bits per heavy atom. The third-order valence-electron chi connectivity index (χ3n) is 5.67. The number of carbonyl (C=O) groups excluding carboxylic acids is 3. The number of carbonyl (C=O) groups is 3. The lowest BCUT2D eigenvalue weighted by Crippen LogP contribution is -2.98. The zero-order valence-electron chi connectivity index (χ0n) is 15.2. The van der Waals surface area contributed by atoms with Crippen LogP contribution >= 0.6 is 11.6 Å². The first-order valence-electron chi connectivity index (χ1n) is 9.05. The Hall–Kier alpha value is -1.92. The van der Waals surface area contributed by atoms with Crippen LogP contribution in [-0.2, 0) is 19.1 Å². The number of esters is 1. The molecule has 1 aromatic carbocycles. The molecule has 26 heavy (non-hydrogen) atoms. The molecule has 2 fully saturated rings. The molecule has 0 spiro atoms. The molecule has 140 valence electrons. The number of halogens is 1. The van der Waals surface area contributed by atoms with E-state index in [2.05, 4.69) is 0 Å². The molecular formula is C19H24ClN2O4+. The molecule has 4 atom stereocenters.